The molecule has 0 fully saturated rings. The second-order valence-electron chi connectivity index (χ2n) is 5.99. The first-order chi connectivity index (χ1) is 12.9. The smallest absolute Gasteiger partial charge is 0.329 e. The standard InChI is InChI=1S/C19H12F3N3O2/c20-19(21,22)18-23-17(24-27-18)13-7-5-12(6-8-13)10-25-11-15-4-2-1-3-14(15)9-16(25)26/h1-9,11H,10H2. The molecule has 0 atom stereocenters. The Bertz CT molecular complexity index is 1160. The van der Waals surface area contributed by atoms with Gasteiger partial charge < -0.3 is 9.09 Å². The maximum atomic E-state index is 12.5. The largest absolute Gasteiger partial charge is 0.471 e. The van der Waals surface area contributed by atoms with E-state index >= 15 is 0 Å². The second-order valence-corrected chi connectivity index (χ2v) is 5.99. The van der Waals surface area contributed by atoms with E-state index in [1.165, 1.54) is 0 Å². The van der Waals surface area contributed by atoms with Crippen molar-refractivity contribution in [1.29, 1.82) is 0 Å². The molecule has 0 amide bonds. The van der Waals surface area contributed by atoms with Gasteiger partial charge in [0.15, 0.2) is 0 Å². The van der Waals surface area contributed by atoms with Gasteiger partial charge in [-0.1, -0.05) is 53.7 Å². The van der Waals surface area contributed by atoms with Gasteiger partial charge in [0.2, 0.25) is 5.82 Å². The first kappa shape index (κ1) is 17.0. The van der Waals surface area contributed by atoms with Gasteiger partial charge in [-0.2, -0.15) is 18.2 Å². The van der Waals surface area contributed by atoms with E-state index in [0.717, 1.165) is 16.3 Å². The predicted octanol–water partition coefficient (Wildman–Crippen LogP) is 4.12. The van der Waals surface area contributed by atoms with Crippen LogP contribution in [-0.2, 0) is 12.7 Å². The highest BCUT2D eigenvalue weighted by atomic mass is 19.4. The summed E-state index contributed by atoms with van der Waals surface area (Å²) < 4.78 is 43.4. The molecule has 27 heavy (non-hydrogen) atoms. The Labute approximate surface area is 150 Å². The second kappa shape index (κ2) is 6.39. The van der Waals surface area contributed by atoms with Gasteiger partial charge >= 0.3 is 12.1 Å². The third-order valence-corrected chi connectivity index (χ3v) is 4.09. The minimum Gasteiger partial charge on any atom is -0.329 e. The van der Waals surface area contributed by atoms with Crippen molar-refractivity contribution in [2.45, 2.75) is 12.7 Å². The van der Waals surface area contributed by atoms with Crippen LogP contribution >= 0.6 is 0 Å². The van der Waals surface area contributed by atoms with E-state index in [2.05, 4.69) is 14.7 Å². The van der Waals surface area contributed by atoms with Gasteiger partial charge in [0.25, 0.3) is 5.56 Å². The quantitative estimate of drug-likeness (QED) is 0.544. The molecule has 0 N–H and O–H groups in total. The molecule has 4 rings (SSSR count). The van der Waals surface area contributed by atoms with Gasteiger partial charge in [0.05, 0.1) is 6.54 Å². The van der Waals surface area contributed by atoms with Crippen molar-refractivity contribution in [3.63, 3.8) is 0 Å². The summed E-state index contributed by atoms with van der Waals surface area (Å²) in [6.45, 7) is 0.337. The molecule has 0 aliphatic heterocycles. The summed E-state index contributed by atoms with van der Waals surface area (Å²) in [5, 5.41) is 5.17. The van der Waals surface area contributed by atoms with E-state index in [1.54, 1.807) is 41.1 Å². The van der Waals surface area contributed by atoms with Crippen LogP contribution in [0.3, 0.4) is 0 Å². The molecule has 2 aromatic heterocycles. The number of hydrogen-bond donors (Lipinski definition) is 0. The molecule has 0 radical (unpaired) electrons. The number of nitrogens with zero attached hydrogens (tertiary/aromatic N) is 3. The number of hydrogen-bond acceptors (Lipinski definition) is 4. The van der Waals surface area contributed by atoms with Gasteiger partial charge in [0.1, 0.15) is 0 Å². The minimum absolute atomic E-state index is 0.134. The average Bonchev–Trinajstić information content (AvgIpc) is 3.13. The van der Waals surface area contributed by atoms with Crippen molar-refractivity contribution < 1.29 is 17.7 Å². The van der Waals surface area contributed by atoms with Crippen LogP contribution in [-0.4, -0.2) is 14.7 Å². The zero-order chi connectivity index (χ0) is 19.0. The molecule has 4 aromatic rings. The number of pyridine rings is 1. The number of aromatic nitrogens is 3. The highest BCUT2D eigenvalue weighted by Crippen LogP contribution is 2.29. The normalized spacial score (nSPS) is 11.8. The molecule has 8 heteroatoms. The summed E-state index contributed by atoms with van der Waals surface area (Å²) in [6.07, 6.45) is -2.90. The van der Waals surface area contributed by atoms with Gasteiger partial charge in [-0.05, 0) is 16.3 Å². The highest BCUT2D eigenvalue weighted by Gasteiger charge is 2.38. The van der Waals surface area contributed by atoms with Crippen LogP contribution in [0.15, 0.2) is 70.1 Å². The Kier molecular flexibility index (Phi) is 4.02. The lowest BCUT2D eigenvalue weighted by Gasteiger charge is -2.08. The molecule has 2 aromatic carbocycles. The van der Waals surface area contributed by atoms with Crippen LogP contribution in [0.1, 0.15) is 11.5 Å². The average molecular weight is 371 g/mol. The Hall–Kier alpha value is -3.42. The maximum absolute atomic E-state index is 12.5. The molecule has 0 aliphatic rings. The van der Waals surface area contributed by atoms with E-state index in [1.807, 2.05) is 24.3 Å². The lowest BCUT2D eigenvalue weighted by molar-refractivity contribution is -0.159. The van der Waals surface area contributed by atoms with Crippen molar-refractivity contribution in [3.8, 4) is 11.4 Å². The summed E-state index contributed by atoms with van der Waals surface area (Å²) in [5.74, 6) is -1.53. The molecular formula is C19H12F3N3O2. The Morgan fingerprint density at radius 2 is 1.70 bits per heavy atom. The van der Waals surface area contributed by atoms with Crippen LogP contribution in [0.25, 0.3) is 22.2 Å². The fourth-order valence-corrected chi connectivity index (χ4v) is 2.74. The van der Waals surface area contributed by atoms with Crippen molar-refractivity contribution in [2.75, 3.05) is 0 Å². The topological polar surface area (TPSA) is 60.9 Å². The van der Waals surface area contributed by atoms with Crippen LogP contribution < -0.4 is 5.56 Å². The van der Waals surface area contributed by atoms with Crippen LogP contribution in [0.5, 0.6) is 0 Å². The molecule has 0 saturated heterocycles. The minimum atomic E-state index is -4.68. The van der Waals surface area contributed by atoms with Crippen molar-refractivity contribution >= 4 is 10.8 Å². The molecule has 0 bridgehead atoms. The van der Waals surface area contributed by atoms with E-state index in [-0.39, 0.29) is 11.4 Å². The SMILES string of the molecule is O=c1cc2ccccc2cn1Cc1ccc(-c2noc(C(F)(F)F)n2)cc1. The van der Waals surface area contributed by atoms with Gasteiger partial charge in [-0.3, -0.25) is 4.79 Å². The van der Waals surface area contributed by atoms with Crippen molar-refractivity contribution in [3.05, 3.63) is 82.6 Å². The number of halogens is 3. The summed E-state index contributed by atoms with van der Waals surface area (Å²) in [5.41, 5.74) is 1.07. The molecule has 0 unspecified atom stereocenters. The number of alkyl halides is 3. The fraction of sp³-hybridized carbons (Fsp3) is 0.105. The number of benzene rings is 2. The zero-order valence-corrected chi connectivity index (χ0v) is 13.8. The summed E-state index contributed by atoms with van der Waals surface area (Å²) in [4.78, 5) is 15.6. The van der Waals surface area contributed by atoms with Crippen molar-refractivity contribution in [2.24, 2.45) is 0 Å². The summed E-state index contributed by atoms with van der Waals surface area (Å²) in [7, 11) is 0. The molecule has 2 heterocycles. The monoisotopic (exact) mass is 371 g/mol. The van der Waals surface area contributed by atoms with E-state index in [0.29, 0.717) is 12.1 Å². The van der Waals surface area contributed by atoms with Crippen LogP contribution in [0.4, 0.5) is 13.2 Å². The van der Waals surface area contributed by atoms with Crippen molar-refractivity contribution in [1.82, 2.24) is 14.7 Å². The molecule has 5 nitrogen and oxygen atoms in total. The Morgan fingerprint density at radius 1 is 1.00 bits per heavy atom. The molecule has 0 saturated carbocycles. The van der Waals surface area contributed by atoms with E-state index in [9.17, 15) is 18.0 Å². The maximum Gasteiger partial charge on any atom is 0.471 e. The van der Waals surface area contributed by atoms with Crippen LogP contribution in [0.2, 0.25) is 0 Å². The van der Waals surface area contributed by atoms with Gasteiger partial charge in [-0.15, -0.1) is 0 Å². The first-order valence-corrected chi connectivity index (χ1v) is 7.99. The lowest BCUT2D eigenvalue weighted by Crippen LogP contribution is -2.18. The lowest BCUT2D eigenvalue weighted by atomic mass is 10.1. The van der Waals surface area contributed by atoms with E-state index < -0.39 is 12.1 Å². The molecule has 0 spiro atoms. The highest BCUT2D eigenvalue weighted by molar-refractivity contribution is 5.81. The van der Waals surface area contributed by atoms with Gasteiger partial charge in [0, 0.05) is 17.8 Å². The molecule has 136 valence electrons. The summed E-state index contributed by atoms with van der Waals surface area (Å²) >= 11 is 0. The summed E-state index contributed by atoms with van der Waals surface area (Å²) in [6, 6.07) is 15.7. The third kappa shape index (κ3) is 3.46. The fourth-order valence-electron chi connectivity index (χ4n) is 2.74. The number of rotatable bonds is 3. The van der Waals surface area contributed by atoms with Gasteiger partial charge in [-0.25, -0.2) is 0 Å². The predicted molar refractivity (Wildman–Crippen MR) is 92.0 cm³/mol. The zero-order valence-electron chi connectivity index (χ0n) is 13.8. The number of fused-ring (bicyclic) bond motifs is 1. The Morgan fingerprint density at radius 3 is 2.37 bits per heavy atom. The third-order valence-electron chi connectivity index (χ3n) is 4.09. The molecule has 0 aliphatic carbocycles. The first-order valence-electron chi connectivity index (χ1n) is 7.99. The Balaban J connectivity index is 1.59. The molecular weight excluding hydrogens is 359 g/mol. The van der Waals surface area contributed by atoms with Crippen LogP contribution in [0, 0.1) is 0 Å². The van der Waals surface area contributed by atoms with E-state index in [4.69, 9.17) is 0 Å².